The van der Waals surface area contributed by atoms with Gasteiger partial charge in [-0.25, -0.2) is 4.39 Å². The molecule has 4 heteroatoms. The van der Waals surface area contributed by atoms with Gasteiger partial charge in [-0.3, -0.25) is 0 Å². The monoisotopic (exact) mass is 268 g/mol. The van der Waals surface area contributed by atoms with E-state index < -0.39 is 0 Å². The maximum Gasteiger partial charge on any atom is 0.123 e. The molecule has 0 aliphatic heterocycles. The number of hydrogen-bond acceptors (Lipinski definition) is 2. The third-order valence-electron chi connectivity index (χ3n) is 2.61. The lowest BCUT2D eigenvalue weighted by Gasteiger charge is -2.27. The Morgan fingerprint density at radius 3 is 2.72 bits per heavy atom. The van der Waals surface area contributed by atoms with Crippen LogP contribution in [0.3, 0.4) is 0 Å². The summed E-state index contributed by atoms with van der Waals surface area (Å²) in [5.41, 5.74) is 1.70. The van der Waals surface area contributed by atoms with Gasteiger partial charge in [0.25, 0.3) is 0 Å². The summed E-state index contributed by atoms with van der Waals surface area (Å²) in [6, 6.07) is 6.78. The molecule has 18 heavy (non-hydrogen) atoms. The Bertz CT molecular complexity index is 426. The van der Waals surface area contributed by atoms with Crippen LogP contribution in [0, 0.1) is 23.1 Å². The quantitative estimate of drug-likeness (QED) is 0.731. The maximum absolute atomic E-state index is 13.2. The molecule has 0 heterocycles. The molecule has 0 spiro atoms. The molecular weight excluding hydrogens is 251 g/mol. The van der Waals surface area contributed by atoms with Crippen LogP contribution >= 0.6 is 11.6 Å². The van der Waals surface area contributed by atoms with E-state index in [0.717, 1.165) is 17.8 Å². The summed E-state index contributed by atoms with van der Waals surface area (Å²) in [7, 11) is 0. The van der Waals surface area contributed by atoms with Gasteiger partial charge in [0.2, 0.25) is 0 Å². The molecule has 0 saturated heterocycles. The second-order valence-corrected chi connectivity index (χ2v) is 4.92. The number of nitrogens with zero attached hydrogens (tertiary/aromatic N) is 2. The van der Waals surface area contributed by atoms with Crippen LogP contribution in [0.5, 0.6) is 0 Å². The maximum atomic E-state index is 13.2. The Morgan fingerprint density at radius 2 is 2.17 bits per heavy atom. The molecule has 0 N–H and O–H groups in total. The highest BCUT2D eigenvalue weighted by Crippen LogP contribution is 2.24. The molecular formula is C14H18ClFN2. The van der Waals surface area contributed by atoms with Gasteiger partial charge >= 0.3 is 0 Å². The molecule has 1 aromatic rings. The van der Waals surface area contributed by atoms with E-state index in [1.165, 1.54) is 12.1 Å². The Labute approximate surface area is 113 Å². The molecule has 0 saturated carbocycles. The van der Waals surface area contributed by atoms with E-state index >= 15 is 0 Å². The molecule has 0 unspecified atom stereocenters. The number of nitriles is 1. The zero-order valence-corrected chi connectivity index (χ0v) is 11.5. The number of alkyl halides is 1. The standard InChI is InChI=1S/C14H18ClFN2/c1-11(2)10-18(7-3-6-17)14-5-4-13(16)8-12(14)9-15/h4-5,8,11H,3,7,9-10H2,1-2H3. The normalized spacial score (nSPS) is 10.4. The van der Waals surface area contributed by atoms with Crippen LogP contribution in [0.15, 0.2) is 18.2 Å². The smallest absolute Gasteiger partial charge is 0.123 e. The molecule has 98 valence electrons. The van der Waals surface area contributed by atoms with Crippen molar-refractivity contribution >= 4 is 17.3 Å². The first kappa shape index (κ1) is 14.8. The fourth-order valence-electron chi connectivity index (χ4n) is 1.91. The van der Waals surface area contributed by atoms with E-state index in [1.807, 2.05) is 0 Å². The van der Waals surface area contributed by atoms with E-state index in [-0.39, 0.29) is 11.7 Å². The van der Waals surface area contributed by atoms with Gasteiger partial charge in [-0.15, -0.1) is 11.6 Å². The SMILES string of the molecule is CC(C)CN(CCC#N)c1ccc(F)cc1CCl. The summed E-state index contributed by atoms with van der Waals surface area (Å²) in [5.74, 6) is 0.463. The van der Waals surface area contributed by atoms with Crippen molar-refractivity contribution in [2.24, 2.45) is 5.92 Å². The largest absolute Gasteiger partial charge is 0.370 e. The number of hydrogen-bond donors (Lipinski definition) is 0. The molecule has 0 fully saturated rings. The van der Waals surface area contributed by atoms with Crippen molar-refractivity contribution < 1.29 is 4.39 Å². The Hall–Kier alpha value is -1.27. The Balaban J connectivity index is 2.99. The van der Waals surface area contributed by atoms with E-state index in [0.29, 0.717) is 18.9 Å². The van der Waals surface area contributed by atoms with Gasteiger partial charge in [0.15, 0.2) is 0 Å². The van der Waals surface area contributed by atoms with E-state index in [4.69, 9.17) is 16.9 Å². The van der Waals surface area contributed by atoms with E-state index in [1.54, 1.807) is 6.07 Å². The summed E-state index contributed by atoms with van der Waals surface area (Å²) in [4.78, 5) is 2.10. The van der Waals surface area contributed by atoms with Crippen molar-refractivity contribution in [3.05, 3.63) is 29.6 Å². The Morgan fingerprint density at radius 1 is 1.44 bits per heavy atom. The lowest BCUT2D eigenvalue weighted by atomic mass is 10.1. The van der Waals surface area contributed by atoms with Crippen molar-refractivity contribution in [2.45, 2.75) is 26.1 Å². The van der Waals surface area contributed by atoms with Gasteiger partial charge in [-0.05, 0) is 29.7 Å². The van der Waals surface area contributed by atoms with Gasteiger partial charge in [-0.1, -0.05) is 13.8 Å². The van der Waals surface area contributed by atoms with Crippen LogP contribution in [0.25, 0.3) is 0 Å². The zero-order chi connectivity index (χ0) is 13.5. The predicted molar refractivity (Wildman–Crippen MR) is 73.2 cm³/mol. The number of halogens is 2. The van der Waals surface area contributed by atoms with Crippen molar-refractivity contribution in [1.29, 1.82) is 5.26 Å². The van der Waals surface area contributed by atoms with Gasteiger partial charge in [-0.2, -0.15) is 5.26 Å². The molecule has 0 aromatic heterocycles. The van der Waals surface area contributed by atoms with Crippen LogP contribution in [0.2, 0.25) is 0 Å². The molecule has 0 aliphatic rings. The van der Waals surface area contributed by atoms with Crippen molar-refractivity contribution in [3.63, 3.8) is 0 Å². The topological polar surface area (TPSA) is 27.0 Å². The molecule has 1 aromatic carbocycles. The highest BCUT2D eigenvalue weighted by molar-refractivity contribution is 6.17. The van der Waals surface area contributed by atoms with Crippen molar-refractivity contribution in [2.75, 3.05) is 18.0 Å². The summed E-state index contributed by atoms with van der Waals surface area (Å²) in [5, 5.41) is 8.70. The number of benzene rings is 1. The van der Waals surface area contributed by atoms with Crippen LogP contribution in [0.1, 0.15) is 25.8 Å². The lowest BCUT2D eigenvalue weighted by molar-refractivity contribution is 0.607. The first-order chi connectivity index (χ1) is 8.58. The molecule has 0 atom stereocenters. The highest BCUT2D eigenvalue weighted by atomic mass is 35.5. The average Bonchev–Trinajstić information content (AvgIpc) is 2.34. The summed E-state index contributed by atoms with van der Waals surface area (Å²) >= 11 is 5.86. The molecule has 0 aliphatic carbocycles. The molecule has 0 bridgehead atoms. The molecule has 2 nitrogen and oxygen atoms in total. The first-order valence-corrected chi connectivity index (χ1v) is 6.58. The van der Waals surface area contributed by atoms with Gasteiger partial charge < -0.3 is 4.90 Å². The fourth-order valence-corrected chi connectivity index (χ4v) is 2.12. The summed E-state index contributed by atoms with van der Waals surface area (Å²) in [6.07, 6.45) is 0.450. The minimum atomic E-state index is -0.279. The number of anilines is 1. The minimum absolute atomic E-state index is 0.272. The van der Waals surface area contributed by atoms with Crippen LogP contribution in [-0.2, 0) is 5.88 Å². The lowest BCUT2D eigenvalue weighted by Crippen LogP contribution is -2.29. The minimum Gasteiger partial charge on any atom is -0.370 e. The molecule has 1 rings (SSSR count). The van der Waals surface area contributed by atoms with Crippen molar-refractivity contribution in [1.82, 2.24) is 0 Å². The summed E-state index contributed by atoms with van der Waals surface area (Å²) < 4.78 is 13.2. The third kappa shape index (κ3) is 4.19. The number of rotatable bonds is 6. The fraction of sp³-hybridized carbons (Fsp3) is 0.500. The average molecular weight is 269 g/mol. The Kier molecular flexibility index (Phi) is 5.94. The van der Waals surface area contributed by atoms with E-state index in [2.05, 4.69) is 24.8 Å². The van der Waals surface area contributed by atoms with Crippen LogP contribution in [0.4, 0.5) is 10.1 Å². The van der Waals surface area contributed by atoms with E-state index in [9.17, 15) is 4.39 Å². The van der Waals surface area contributed by atoms with Crippen LogP contribution < -0.4 is 4.90 Å². The predicted octanol–water partition coefficient (Wildman–Crippen LogP) is 3.94. The molecule has 0 radical (unpaired) electrons. The molecule has 0 amide bonds. The first-order valence-electron chi connectivity index (χ1n) is 6.04. The van der Waals surface area contributed by atoms with Gasteiger partial charge in [0.05, 0.1) is 12.5 Å². The van der Waals surface area contributed by atoms with Crippen molar-refractivity contribution in [3.8, 4) is 6.07 Å². The van der Waals surface area contributed by atoms with Gasteiger partial charge in [0, 0.05) is 24.7 Å². The highest BCUT2D eigenvalue weighted by Gasteiger charge is 2.13. The van der Waals surface area contributed by atoms with Gasteiger partial charge in [0.1, 0.15) is 5.82 Å². The third-order valence-corrected chi connectivity index (χ3v) is 2.89. The van der Waals surface area contributed by atoms with Crippen LogP contribution in [-0.4, -0.2) is 13.1 Å². The second-order valence-electron chi connectivity index (χ2n) is 4.65. The zero-order valence-electron chi connectivity index (χ0n) is 10.8. The summed E-state index contributed by atoms with van der Waals surface area (Å²) in [6.45, 7) is 5.70. The second kappa shape index (κ2) is 7.23.